The van der Waals surface area contributed by atoms with Gasteiger partial charge in [-0.3, -0.25) is 10.1 Å². The number of carbonyl (C=O) groups is 3. The molecule has 114 valence electrons. The molecule has 0 saturated carbocycles. The molecule has 0 aromatic heterocycles. The van der Waals surface area contributed by atoms with Gasteiger partial charge in [-0.1, -0.05) is 0 Å². The van der Waals surface area contributed by atoms with Crippen molar-refractivity contribution in [1.29, 1.82) is 0 Å². The Morgan fingerprint density at radius 1 is 1.30 bits per heavy atom. The molecule has 0 aromatic carbocycles. The molecule has 3 amide bonds. The second-order valence-electron chi connectivity index (χ2n) is 5.77. The van der Waals surface area contributed by atoms with Crippen molar-refractivity contribution in [2.45, 2.75) is 58.3 Å². The van der Waals surface area contributed by atoms with Gasteiger partial charge in [0.1, 0.15) is 0 Å². The predicted molar refractivity (Wildman–Crippen MR) is 71.0 cm³/mol. The molecule has 1 aliphatic heterocycles. The summed E-state index contributed by atoms with van der Waals surface area (Å²) in [6.07, 6.45) is -0.252. The third-order valence-corrected chi connectivity index (χ3v) is 2.58. The smallest absolute Gasteiger partial charge is 0.336 e. The summed E-state index contributed by atoms with van der Waals surface area (Å²) in [4.78, 5) is 34.9. The van der Waals surface area contributed by atoms with E-state index in [1.165, 1.54) is 6.92 Å². The highest BCUT2D eigenvalue weighted by atomic mass is 16.6. The van der Waals surface area contributed by atoms with Gasteiger partial charge in [-0.05, 0) is 40.5 Å². The van der Waals surface area contributed by atoms with Crippen LogP contribution in [0.15, 0.2) is 0 Å². The van der Waals surface area contributed by atoms with Crippen molar-refractivity contribution in [2.75, 3.05) is 6.61 Å². The van der Waals surface area contributed by atoms with Gasteiger partial charge < -0.3 is 14.8 Å². The van der Waals surface area contributed by atoms with Crippen molar-refractivity contribution in [3.63, 3.8) is 0 Å². The summed E-state index contributed by atoms with van der Waals surface area (Å²) < 4.78 is 10.1. The molecule has 0 bridgehead atoms. The minimum atomic E-state index is -1.04. The Bertz CT molecular complexity index is 383. The van der Waals surface area contributed by atoms with Crippen LogP contribution in [0.25, 0.3) is 0 Å². The van der Waals surface area contributed by atoms with Crippen molar-refractivity contribution in [3.8, 4) is 0 Å². The number of urea groups is 1. The maximum Gasteiger partial charge on any atom is 0.336 e. The largest absolute Gasteiger partial charge is 0.451 e. The number of hydrogen-bond acceptors (Lipinski definition) is 5. The highest BCUT2D eigenvalue weighted by Crippen LogP contribution is 2.14. The molecule has 7 nitrogen and oxygen atoms in total. The summed E-state index contributed by atoms with van der Waals surface area (Å²) >= 11 is 0. The summed E-state index contributed by atoms with van der Waals surface area (Å²) in [5, 5.41) is 4.70. The lowest BCUT2D eigenvalue weighted by Gasteiger charge is -2.21. The molecule has 2 atom stereocenters. The van der Waals surface area contributed by atoms with Gasteiger partial charge in [-0.15, -0.1) is 0 Å². The molecule has 0 unspecified atom stereocenters. The second kappa shape index (κ2) is 6.69. The minimum Gasteiger partial charge on any atom is -0.451 e. The number of hydrogen-bond donors (Lipinski definition) is 2. The molecule has 0 aromatic rings. The van der Waals surface area contributed by atoms with Gasteiger partial charge in [-0.2, -0.15) is 0 Å². The fourth-order valence-corrected chi connectivity index (χ4v) is 1.65. The summed E-state index contributed by atoms with van der Waals surface area (Å²) in [5.74, 6) is -1.24. The Kier molecular flexibility index (Phi) is 5.50. The van der Waals surface area contributed by atoms with E-state index in [1.807, 2.05) is 0 Å². The third kappa shape index (κ3) is 5.56. The monoisotopic (exact) mass is 286 g/mol. The van der Waals surface area contributed by atoms with E-state index < -0.39 is 35.7 Å². The second-order valence-corrected chi connectivity index (χ2v) is 5.77. The molecule has 0 radical (unpaired) electrons. The number of carbonyl (C=O) groups excluding carboxylic acids is 3. The average molecular weight is 286 g/mol. The lowest BCUT2D eigenvalue weighted by Crippen LogP contribution is -2.50. The first-order valence-corrected chi connectivity index (χ1v) is 6.64. The van der Waals surface area contributed by atoms with Crippen LogP contribution in [0.5, 0.6) is 0 Å². The zero-order chi connectivity index (χ0) is 15.3. The number of rotatable bonds is 3. The van der Waals surface area contributed by atoms with Crippen LogP contribution in [0.1, 0.15) is 40.5 Å². The molecule has 1 aliphatic rings. The average Bonchev–Trinajstić information content (AvgIpc) is 2.79. The zero-order valence-corrected chi connectivity index (χ0v) is 12.3. The standard InChI is InChI=1S/C13H22N2O5/c1-8(20-11(17)9-6-5-7-19-9)10(16)14-12(18)15-13(2,3)4/h8-9H,5-7H2,1-4H3,(H2,14,15,16,18)/t8-,9-/m0/s1. The fourth-order valence-electron chi connectivity index (χ4n) is 1.65. The molecular formula is C13H22N2O5. The minimum absolute atomic E-state index is 0.456. The number of esters is 1. The van der Waals surface area contributed by atoms with E-state index in [1.54, 1.807) is 20.8 Å². The van der Waals surface area contributed by atoms with Crippen LogP contribution in [0.3, 0.4) is 0 Å². The first-order chi connectivity index (χ1) is 9.19. The van der Waals surface area contributed by atoms with Crippen LogP contribution in [0, 0.1) is 0 Å². The van der Waals surface area contributed by atoms with Gasteiger partial charge in [0.2, 0.25) is 0 Å². The Labute approximate surface area is 118 Å². The molecule has 20 heavy (non-hydrogen) atoms. The molecule has 7 heteroatoms. The van der Waals surface area contributed by atoms with Gasteiger partial charge in [0.15, 0.2) is 12.2 Å². The molecule has 1 rings (SSSR count). The fraction of sp³-hybridized carbons (Fsp3) is 0.769. The zero-order valence-electron chi connectivity index (χ0n) is 12.3. The van der Waals surface area contributed by atoms with Crippen molar-refractivity contribution in [1.82, 2.24) is 10.6 Å². The number of imide groups is 1. The Hall–Kier alpha value is -1.63. The summed E-state index contributed by atoms with van der Waals surface area (Å²) in [6, 6.07) is -0.623. The molecular weight excluding hydrogens is 264 g/mol. The first kappa shape index (κ1) is 16.4. The quantitative estimate of drug-likeness (QED) is 0.746. The molecule has 0 aliphatic carbocycles. The lowest BCUT2D eigenvalue weighted by molar-refractivity contribution is -0.163. The van der Waals surface area contributed by atoms with Crippen molar-refractivity contribution in [3.05, 3.63) is 0 Å². The van der Waals surface area contributed by atoms with Gasteiger partial charge in [0.05, 0.1) is 0 Å². The molecule has 1 saturated heterocycles. The van der Waals surface area contributed by atoms with Crippen LogP contribution in [0.4, 0.5) is 4.79 Å². The maximum absolute atomic E-state index is 11.7. The molecule has 0 spiro atoms. The van der Waals surface area contributed by atoms with Crippen LogP contribution in [0.2, 0.25) is 0 Å². The van der Waals surface area contributed by atoms with Crippen LogP contribution in [-0.4, -0.2) is 42.3 Å². The lowest BCUT2D eigenvalue weighted by atomic mass is 10.1. The van der Waals surface area contributed by atoms with Gasteiger partial charge in [-0.25, -0.2) is 9.59 Å². The van der Waals surface area contributed by atoms with Gasteiger partial charge in [0.25, 0.3) is 5.91 Å². The topological polar surface area (TPSA) is 93.7 Å². The van der Waals surface area contributed by atoms with E-state index in [0.29, 0.717) is 13.0 Å². The van der Waals surface area contributed by atoms with E-state index in [0.717, 1.165) is 6.42 Å². The highest BCUT2D eigenvalue weighted by Gasteiger charge is 2.29. The van der Waals surface area contributed by atoms with Gasteiger partial charge in [0, 0.05) is 12.1 Å². The van der Waals surface area contributed by atoms with Crippen LogP contribution in [-0.2, 0) is 19.1 Å². The predicted octanol–water partition coefficient (Wildman–Crippen LogP) is 0.721. The summed E-state index contributed by atoms with van der Waals surface area (Å²) in [6.45, 7) is 7.30. The molecule has 1 fully saturated rings. The third-order valence-electron chi connectivity index (χ3n) is 2.58. The number of amides is 3. The first-order valence-electron chi connectivity index (χ1n) is 6.64. The SMILES string of the molecule is C[C@H](OC(=O)[C@@H]1CCCO1)C(=O)NC(=O)NC(C)(C)C. The van der Waals surface area contributed by atoms with Crippen molar-refractivity contribution in [2.24, 2.45) is 0 Å². The molecule has 1 heterocycles. The highest BCUT2D eigenvalue weighted by molar-refractivity contribution is 5.97. The van der Waals surface area contributed by atoms with E-state index in [4.69, 9.17) is 9.47 Å². The Morgan fingerprint density at radius 2 is 1.95 bits per heavy atom. The normalized spacial score (nSPS) is 20.1. The number of ether oxygens (including phenoxy) is 2. The van der Waals surface area contributed by atoms with E-state index in [-0.39, 0.29) is 0 Å². The molecule has 2 N–H and O–H groups in total. The summed E-state index contributed by atoms with van der Waals surface area (Å²) in [7, 11) is 0. The van der Waals surface area contributed by atoms with E-state index >= 15 is 0 Å². The van der Waals surface area contributed by atoms with E-state index in [2.05, 4.69) is 10.6 Å². The Morgan fingerprint density at radius 3 is 2.45 bits per heavy atom. The van der Waals surface area contributed by atoms with E-state index in [9.17, 15) is 14.4 Å². The summed E-state index contributed by atoms with van der Waals surface area (Å²) in [5.41, 5.74) is -0.456. The maximum atomic E-state index is 11.7. The number of nitrogens with one attached hydrogen (secondary N) is 2. The van der Waals surface area contributed by atoms with Crippen LogP contribution < -0.4 is 10.6 Å². The van der Waals surface area contributed by atoms with Crippen molar-refractivity contribution < 1.29 is 23.9 Å². The van der Waals surface area contributed by atoms with Crippen molar-refractivity contribution >= 4 is 17.9 Å². The Balaban J connectivity index is 2.38. The van der Waals surface area contributed by atoms with Crippen LogP contribution >= 0.6 is 0 Å². The van der Waals surface area contributed by atoms with Gasteiger partial charge >= 0.3 is 12.0 Å².